The predicted octanol–water partition coefficient (Wildman–Crippen LogP) is 5.56. The molecule has 5 rings (SSSR count). The van der Waals surface area contributed by atoms with Crippen molar-refractivity contribution < 1.29 is 9.50 Å². The van der Waals surface area contributed by atoms with Crippen LogP contribution in [0.4, 0.5) is 4.39 Å². The Morgan fingerprint density at radius 2 is 1.74 bits per heavy atom. The van der Waals surface area contributed by atoms with Crippen LogP contribution in [0.25, 0.3) is 28.3 Å². The number of halogens is 1. The second-order valence-corrected chi connectivity index (χ2v) is 9.57. The van der Waals surface area contributed by atoms with Crippen molar-refractivity contribution in [2.45, 2.75) is 40.0 Å². The molecule has 1 N–H and O–H groups in total. The first-order valence-electron chi connectivity index (χ1n) is 13.0. The van der Waals surface area contributed by atoms with Gasteiger partial charge in [0.25, 0.3) is 5.56 Å². The Morgan fingerprint density at radius 1 is 1.00 bits per heavy atom. The van der Waals surface area contributed by atoms with Crippen molar-refractivity contribution in [1.82, 2.24) is 24.3 Å². The molecular weight excluding hydrogens is 493 g/mol. The lowest BCUT2D eigenvalue weighted by atomic mass is 9.98. The van der Waals surface area contributed by atoms with E-state index in [0.29, 0.717) is 29.7 Å². The van der Waals surface area contributed by atoms with Gasteiger partial charge in [-0.25, -0.2) is 4.39 Å². The van der Waals surface area contributed by atoms with Crippen LogP contribution in [0.1, 0.15) is 41.7 Å². The van der Waals surface area contributed by atoms with Gasteiger partial charge in [-0.05, 0) is 65.8 Å². The summed E-state index contributed by atoms with van der Waals surface area (Å²) in [6.45, 7) is 5.95. The van der Waals surface area contributed by atoms with Gasteiger partial charge in [0, 0.05) is 37.6 Å². The molecule has 0 aliphatic rings. The first-order chi connectivity index (χ1) is 18.8. The number of rotatable bonds is 7. The zero-order valence-electron chi connectivity index (χ0n) is 22.4. The molecule has 0 radical (unpaired) electrons. The number of pyridine rings is 1. The van der Waals surface area contributed by atoms with Crippen molar-refractivity contribution in [2.75, 3.05) is 0 Å². The molecule has 7 nitrogen and oxygen atoms in total. The molecule has 0 fully saturated rings. The number of aryl methyl sites for hydroxylation is 4. The number of nitrogens with zero attached hydrogens (tertiary/aromatic N) is 5. The van der Waals surface area contributed by atoms with E-state index < -0.39 is 17.3 Å². The second-order valence-electron chi connectivity index (χ2n) is 9.57. The minimum atomic E-state index is -0.413. The molecule has 2 aromatic carbocycles. The van der Waals surface area contributed by atoms with Gasteiger partial charge in [0.15, 0.2) is 5.82 Å². The zero-order chi connectivity index (χ0) is 27.7. The molecule has 0 aliphatic heterocycles. The van der Waals surface area contributed by atoms with Crippen LogP contribution in [0.5, 0.6) is 5.88 Å². The normalized spacial score (nSPS) is 11.2. The second kappa shape index (κ2) is 10.6. The molecule has 0 amide bonds. The lowest BCUT2D eigenvalue weighted by Gasteiger charge is -2.19. The summed E-state index contributed by atoms with van der Waals surface area (Å²) in [5.41, 5.74) is 5.48. The molecule has 0 atom stereocenters. The van der Waals surface area contributed by atoms with Gasteiger partial charge in [-0.3, -0.25) is 19.0 Å². The average molecular weight is 524 g/mol. The summed E-state index contributed by atoms with van der Waals surface area (Å²) in [5, 5.41) is 15.5. The van der Waals surface area contributed by atoms with E-state index in [0.717, 1.165) is 27.9 Å². The largest absolute Gasteiger partial charge is 0.493 e. The van der Waals surface area contributed by atoms with E-state index in [1.54, 1.807) is 59.2 Å². The van der Waals surface area contributed by atoms with Crippen molar-refractivity contribution in [1.29, 1.82) is 0 Å². The summed E-state index contributed by atoms with van der Waals surface area (Å²) in [6, 6.07) is 14.4. The first-order valence-corrected chi connectivity index (χ1v) is 13.0. The third-order valence-electron chi connectivity index (χ3n) is 7.01. The summed E-state index contributed by atoms with van der Waals surface area (Å²) < 4.78 is 18.4. The fourth-order valence-electron chi connectivity index (χ4n) is 4.98. The van der Waals surface area contributed by atoms with Gasteiger partial charge in [-0.2, -0.15) is 10.1 Å². The fraction of sp³-hybridized carbons (Fsp3) is 0.226. The molecule has 5 aromatic rings. The van der Waals surface area contributed by atoms with Crippen LogP contribution in [0.3, 0.4) is 0 Å². The Labute approximate surface area is 226 Å². The van der Waals surface area contributed by atoms with Gasteiger partial charge in [-0.1, -0.05) is 44.2 Å². The number of para-hydroxylation sites is 1. The molecule has 3 aromatic heterocycles. The molecule has 3 heterocycles. The van der Waals surface area contributed by atoms with Crippen LogP contribution >= 0.6 is 0 Å². The Morgan fingerprint density at radius 3 is 2.36 bits per heavy atom. The maximum absolute atomic E-state index is 15.3. The number of aromatic nitrogens is 5. The quantitative estimate of drug-likeness (QED) is 0.302. The van der Waals surface area contributed by atoms with Crippen LogP contribution in [0.2, 0.25) is 0 Å². The number of hydrogen-bond donors (Lipinski definition) is 1. The van der Waals surface area contributed by atoms with Gasteiger partial charge in [0.1, 0.15) is 11.5 Å². The van der Waals surface area contributed by atoms with E-state index in [1.165, 1.54) is 6.07 Å². The molecule has 0 unspecified atom stereocenters. The Hall–Kier alpha value is -4.59. The number of benzene rings is 2. The van der Waals surface area contributed by atoms with Gasteiger partial charge in [-0.15, -0.1) is 0 Å². The number of hydrogen-bond acceptors (Lipinski definition) is 5. The smallest absolute Gasteiger partial charge is 0.265 e. The molecule has 0 spiro atoms. The SMILES string of the molecule is CCc1cccc(CC)c1-n1c(-c2ccn(C)n2)nc(O)c(Cc2ccc(-c3ccncc3C)c(F)c2)c1=O. The van der Waals surface area contributed by atoms with E-state index in [2.05, 4.69) is 15.1 Å². The summed E-state index contributed by atoms with van der Waals surface area (Å²) >= 11 is 0. The van der Waals surface area contributed by atoms with Gasteiger partial charge >= 0.3 is 0 Å². The van der Waals surface area contributed by atoms with Gasteiger partial charge in [0.05, 0.1) is 11.3 Å². The summed E-state index contributed by atoms with van der Waals surface area (Å²) in [7, 11) is 1.78. The van der Waals surface area contributed by atoms with Crippen LogP contribution in [-0.2, 0) is 26.3 Å². The minimum Gasteiger partial charge on any atom is -0.493 e. The van der Waals surface area contributed by atoms with Crippen molar-refractivity contribution in [2.24, 2.45) is 7.05 Å². The molecule has 198 valence electrons. The zero-order valence-corrected chi connectivity index (χ0v) is 22.4. The van der Waals surface area contributed by atoms with E-state index >= 15 is 4.39 Å². The van der Waals surface area contributed by atoms with Gasteiger partial charge in [0.2, 0.25) is 5.88 Å². The van der Waals surface area contributed by atoms with Crippen molar-refractivity contribution in [3.05, 3.63) is 111 Å². The molecule has 39 heavy (non-hydrogen) atoms. The monoisotopic (exact) mass is 523 g/mol. The van der Waals surface area contributed by atoms with Crippen LogP contribution in [0, 0.1) is 12.7 Å². The summed E-state index contributed by atoms with van der Waals surface area (Å²) in [4.78, 5) is 22.7. The van der Waals surface area contributed by atoms with Crippen molar-refractivity contribution >= 4 is 0 Å². The maximum Gasteiger partial charge on any atom is 0.265 e. The molecule has 0 saturated carbocycles. The topological polar surface area (TPSA) is 85.8 Å². The highest BCUT2D eigenvalue weighted by molar-refractivity contribution is 5.67. The van der Waals surface area contributed by atoms with Crippen LogP contribution < -0.4 is 5.56 Å². The Balaban J connectivity index is 1.68. The van der Waals surface area contributed by atoms with Gasteiger partial charge < -0.3 is 5.11 Å². The molecule has 0 saturated heterocycles. The lowest BCUT2D eigenvalue weighted by Crippen LogP contribution is -2.27. The molecule has 0 bridgehead atoms. The van der Waals surface area contributed by atoms with E-state index in [1.807, 2.05) is 39.0 Å². The summed E-state index contributed by atoms with van der Waals surface area (Å²) in [6.07, 6.45) is 6.50. The minimum absolute atomic E-state index is 0.0163. The highest BCUT2D eigenvalue weighted by atomic mass is 19.1. The highest BCUT2D eigenvalue weighted by Gasteiger charge is 2.23. The Bertz CT molecular complexity index is 1720. The standard InChI is InChI=1S/C31H30FN5O2/c1-5-21-8-7-9-22(6-2)28(21)37-29(27-13-15-36(4)35-27)34-30(38)25(31(37)39)16-20-10-11-24(26(32)17-20)23-12-14-33-18-19(23)3/h7-15,17-18,38H,5-6,16H2,1-4H3. The van der Waals surface area contributed by atoms with Crippen molar-refractivity contribution in [3.63, 3.8) is 0 Å². The molecule has 8 heteroatoms. The average Bonchev–Trinajstić information content (AvgIpc) is 3.37. The summed E-state index contributed by atoms with van der Waals surface area (Å²) in [5.74, 6) is -0.546. The maximum atomic E-state index is 15.3. The third kappa shape index (κ3) is 4.85. The number of aromatic hydroxyl groups is 1. The van der Waals surface area contributed by atoms with E-state index in [9.17, 15) is 9.90 Å². The highest BCUT2D eigenvalue weighted by Crippen LogP contribution is 2.30. The third-order valence-corrected chi connectivity index (χ3v) is 7.01. The molecular formula is C31H30FN5O2. The first kappa shape index (κ1) is 26.0. The van der Waals surface area contributed by atoms with E-state index in [-0.39, 0.29) is 17.8 Å². The van der Waals surface area contributed by atoms with Crippen LogP contribution in [-0.4, -0.2) is 29.4 Å². The van der Waals surface area contributed by atoms with Crippen molar-refractivity contribution in [3.8, 4) is 34.2 Å². The fourth-order valence-corrected chi connectivity index (χ4v) is 4.98. The molecule has 0 aliphatic carbocycles. The lowest BCUT2D eigenvalue weighted by molar-refractivity contribution is 0.443. The van der Waals surface area contributed by atoms with E-state index in [4.69, 9.17) is 0 Å². The predicted molar refractivity (Wildman–Crippen MR) is 150 cm³/mol. The Kier molecular flexibility index (Phi) is 7.11. The van der Waals surface area contributed by atoms with Crippen LogP contribution in [0.15, 0.2) is 71.9 Å².